The van der Waals surface area contributed by atoms with Crippen LogP contribution in [0.5, 0.6) is 0 Å². The molecule has 0 spiro atoms. The van der Waals surface area contributed by atoms with Crippen LogP contribution in [0.3, 0.4) is 0 Å². The molecule has 102 valence electrons. The third-order valence-electron chi connectivity index (χ3n) is 3.38. The number of furan rings is 1. The Kier molecular flexibility index (Phi) is 4.93. The molecular formula is C13H21NO4. The zero-order valence-electron chi connectivity index (χ0n) is 11.1. The first-order valence-corrected chi connectivity index (χ1v) is 6.10. The van der Waals surface area contributed by atoms with Crippen molar-refractivity contribution in [3.8, 4) is 0 Å². The second-order valence-electron chi connectivity index (χ2n) is 4.74. The number of aliphatic hydroxyl groups is 1. The van der Waals surface area contributed by atoms with E-state index in [-0.39, 0.29) is 17.9 Å². The summed E-state index contributed by atoms with van der Waals surface area (Å²) in [7, 11) is 0. The number of aliphatic hydroxyl groups excluding tert-OH is 1. The first-order valence-electron chi connectivity index (χ1n) is 6.10. The van der Waals surface area contributed by atoms with Crippen molar-refractivity contribution in [2.75, 3.05) is 6.61 Å². The molecule has 0 radical (unpaired) electrons. The van der Waals surface area contributed by atoms with Gasteiger partial charge in [0.05, 0.1) is 0 Å². The van der Waals surface area contributed by atoms with Crippen LogP contribution in [-0.4, -0.2) is 28.3 Å². The fourth-order valence-electron chi connectivity index (χ4n) is 1.75. The highest BCUT2D eigenvalue weighted by atomic mass is 16.4. The standard InChI is InChI=1S/C13H21NO4/c1-4-13(3,5-6-15)14-8-10-7-11(12(16)17)18-9(10)2/h7,14-15H,4-6,8H2,1-3H3,(H,16,17). The number of hydrogen-bond acceptors (Lipinski definition) is 4. The molecule has 1 aromatic heterocycles. The first-order chi connectivity index (χ1) is 8.41. The van der Waals surface area contributed by atoms with E-state index in [1.165, 1.54) is 0 Å². The lowest BCUT2D eigenvalue weighted by atomic mass is 9.94. The van der Waals surface area contributed by atoms with Crippen LogP contribution in [0.4, 0.5) is 0 Å². The Morgan fingerprint density at radius 3 is 2.67 bits per heavy atom. The van der Waals surface area contributed by atoms with E-state index in [1.54, 1.807) is 13.0 Å². The maximum absolute atomic E-state index is 10.8. The summed E-state index contributed by atoms with van der Waals surface area (Å²) >= 11 is 0. The minimum atomic E-state index is -1.06. The Morgan fingerprint density at radius 1 is 1.56 bits per heavy atom. The van der Waals surface area contributed by atoms with Gasteiger partial charge in [-0.25, -0.2) is 4.79 Å². The van der Waals surface area contributed by atoms with Crippen molar-refractivity contribution in [1.82, 2.24) is 5.32 Å². The van der Waals surface area contributed by atoms with Gasteiger partial charge in [0.25, 0.3) is 0 Å². The van der Waals surface area contributed by atoms with Crippen LogP contribution in [0.25, 0.3) is 0 Å². The summed E-state index contributed by atoms with van der Waals surface area (Å²) in [6, 6.07) is 1.54. The van der Waals surface area contributed by atoms with Crippen LogP contribution in [-0.2, 0) is 6.54 Å². The molecule has 1 rings (SSSR count). The number of carboxylic acid groups (broad SMARTS) is 1. The molecule has 0 saturated heterocycles. The van der Waals surface area contributed by atoms with E-state index < -0.39 is 5.97 Å². The average molecular weight is 255 g/mol. The highest BCUT2D eigenvalue weighted by Gasteiger charge is 2.21. The number of rotatable bonds is 7. The number of aromatic carboxylic acids is 1. The summed E-state index contributed by atoms with van der Waals surface area (Å²) in [5.74, 6) is -0.482. The van der Waals surface area contributed by atoms with Gasteiger partial charge in [0.2, 0.25) is 5.76 Å². The van der Waals surface area contributed by atoms with E-state index in [2.05, 4.69) is 5.32 Å². The normalized spacial score (nSPS) is 14.4. The maximum Gasteiger partial charge on any atom is 0.371 e. The Labute approximate surface area is 107 Å². The van der Waals surface area contributed by atoms with Gasteiger partial charge < -0.3 is 19.9 Å². The molecule has 0 aliphatic heterocycles. The quantitative estimate of drug-likeness (QED) is 0.693. The van der Waals surface area contributed by atoms with E-state index >= 15 is 0 Å². The number of carbonyl (C=O) groups is 1. The lowest BCUT2D eigenvalue weighted by Gasteiger charge is -2.29. The number of nitrogens with one attached hydrogen (secondary N) is 1. The van der Waals surface area contributed by atoms with Gasteiger partial charge in [-0.15, -0.1) is 0 Å². The zero-order valence-corrected chi connectivity index (χ0v) is 11.1. The molecule has 1 aromatic rings. The lowest BCUT2D eigenvalue weighted by Crippen LogP contribution is -2.42. The first kappa shape index (κ1) is 14.7. The van der Waals surface area contributed by atoms with E-state index in [4.69, 9.17) is 14.6 Å². The maximum atomic E-state index is 10.8. The van der Waals surface area contributed by atoms with Crippen molar-refractivity contribution in [2.45, 2.75) is 45.7 Å². The van der Waals surface area contributed by atoms with Gasteiger partial charge in [-0.05, 0) is 32.8 Å². The van der Waals surface area contributed by atoms with Crippen molar-refractivity contribution in [1.29, 1.82) is 0 Å². The molecule has 0 bridgehead atoms. The minimum Gasteiger partial charge on any atom is -0.475 e. The van der Waals surface area contributed by atoms with E-state index in [0.717, 1.165) is 12.0 Å². The molecule has 5 nitrogen and oxygen atoms in total. The molecular weight excluding hydrogens is 234 g/mol. The Balaban J connectivity index is 2.70. The molecule has 18 heavy (non-hydrogen) atoms. The van der Waals surface area contributed by atoms with Gasteiger partial charge in [-0.2, -0.15) is 0 Å². The average Bonchev–Trinajstić information content (AvgIpc) is 2.69. The van der Waals surface area contributed by atoms with E-state index in [1.807, 2.05) is 13.8 Å². The minimum absolute atomic E-state index is 0.0374. The van der Waals surface area contributed by atoms with Gasteiger partial charge >= 0.3 is 5.97 Å². The van der Waals surface area contributed by atoms with Crippen LogP contribution in [0.2, 0.25) is 0 Å². The van der Waals surface area contributed by atoms with Gasteiger partial charge in [-0.3, -0.25) is 0 Å². The van der Waals surface area contributed by atoms with Gasteiger partial charge in [0, 0.05) is 24.3 Å². The second-order valence-corrected chi connectivity index (χ2v) is 4.74. The van der Waals surface area contributed by atoms with Crippen molar-refractivity contribution in [3.63, 3.8) is 0 Å². The number of carboxylic acids is 1. The molecule has 0 aromatic carbocycles. The summed E-state index contributed by atoms with van der Waals surface area (Å²) in [6.07, 6.45) is 1.54. The largest absolute Gasteiger partial charge is 0.475 e. The summed E-state index contributed by atoms with van der Waals surface area (Å²) < 4.78 is 5.15. The molecule has 1 heterocycles. The second kappa shape index (κ2) is 6.02. The lowest BCUT2D eigenvalue weighted by molar-refractivity contribution is 0.0661. The number of hydrogen-bond donors (Lipinski definition) is 3. The smallest absolute Gasteiger partial charge is 0.371 e. The molecule has 0 saturated carbocycles. The zero-order chi connectivity index (χ0) is 13.8. The van der Waals surface area contributed by atoms with E-state index in [0.29, 0.717) is 18.7 Å². The summed E-state index contributed by atoms with van der Waals surface area (Å²) in [5, 5.41) is 21.2. The van der Waals surface area contributed by atoms with Crippen LogP contribution in [0.15, 0.2) is 10.5 Å². The van der Waals surface area contributed by atoms with Crippen LogP contribution in [0.1, 0.15) is 48.6 Å². The van der Waals surface area contributed by atoms with Crippen molar-refractivity contribution in [3.05, 3.63) is 23.2 Å². The third kappa shape index (κ3) is 3.58. The van der Waals surface area contributed by atoms with Gasteiger partial charge in [-0.1, -0.05) is 6.92 Å². The molecule has 5 heteroatoms. The Hall–Kier alpha value is -1.33. The summed E-state index contributed by atoms with van der Waals surface area (Å²) in [5.41, 5.74) is 0.687. The molecule has 1 atom stereocenters. The van der Waals surface area contributed by atoms with Crippen LogP contribution in [0, 0.1) is 6.92 Å². The molecule has 1 unspecified atom stereocenters. The predicted octanol–water partition coefficient (Wildman–Crippen LogP) is 1.93. The third-order valence-corrected chi connectivity index (χ3v) is 3.38. The Morgan fingerprint density at radius 2 is 2.22 bits per heavy atom. The Bertz CT molecular complexity index is 413. The van der Waals surface area contributed by atoms with Crippen molar-refractivity contribution in [2.24, 2.45) is 0 Å². The fourth-order valence-corrected chi connectivity index (χ4v) is 1.75. The molecule has 0 aliphatic carbocycles. The molecule has 0 fully saturated rings. The highest BCUT2D eigenvalue weighted by Crippen LogP contribution is 2.18. The van der Waals surface area contributed by atoms with Crippen molar-refractivity contribution >= 4 is 5.97 Å². The van der Waals surface area contributed by atoms with Crippen molar-refractivity contribution < 1.29 is 19.4 Å². The SMILES string of the molecule is CCC(C)(CCO)NCc1cc(C(=O)O)oc1C. The topological polar surface area (TPSA) is 82.7 Å². The molecule has 3 N–H and O–H groups in total. The van der Waals surface area contributed by atoms with Gasteiger partial charge in [0.15, 0.2) is 0 Å². The summed E-state index contributed by atoms with van der Waals surface area (Å²) in [4.78, 5) is 10.8. The van der Waals surface area contributed by atoms with Crippen LogP contribution >= 0.6 is 0 Å². The van der Waals surface area contributed by atoms with Gasteiger partial charge in [0.1, 0.15) is 5.76 Å². The van der Waals surface area contributed by atoms with Crippen LogP contribution < -0.4 is 5.32 Å². The monoisotopic (exact) mass is 255 g/mol. The molecule has 0 amide bonds. The van der Waals surface area contributed by atoms with E-state index in [9.17, 15) is 4.79 Å². The highest BCUT2D eigenvalue weighted by molar-refractivity contribution is 5.84. The number of aryl methyl sites for hydroxylation is 1. The molecule has 0 aliphatic rings. The fraction of sp³-hybridized carbons (Fsp3) is 0.615. The summed E-state index contributed by atoms with van der Waals surface area (Å²) in [6.45, 7) is 6.50. The predicted molar refractivity (Wildman–Crippen MR) is 67.6 cm³/mol.